The number of β-lactam (4-membered cyclic amide) rings is 1. The van der Waals surface area contributed by atoms with E-state index in [9.17, 15) is 19.6 Å². The van der Waals surface area contributed by atoms with E-state index in [0.29, 0.717) is 0 Å². The number of likely N-dealkylation sites (tertiary alicyclic amines) is 2. The van der Waals surface area contributed by atoms with Gasteiger partial charge in [0, 0.05) is 6.42 Å². The van der Waals surface area contributed by atoms with Crippen molar-refractivity contribution in [2.75, 3.05) is 19.6 Å². The van der Waals surface area contributed by atoms with Gasteiger partial charge >= 0.3 is 0 Å². The maximum atomic E-state index is 12.9. The van der Waals surface area contributed by atoms with Crippen molar-refractivity contribution >= 4 is 17.7 Å². The monoisotopic (exact) mass is 355 g/mol. The second kappa shape index (κ2) is 6.11. The van der Waals surface area contributed by atoms with Crippen molar-refractivity contribution in [2.45, 2.75) is 24.9 Å². The van der Waals surface area contributed by atoms with Gasteiger partial charge in [-0.1, -0.05) is 30.3 Å². The summed E-state index contributed by atoms with van der Waals surface area (Å²) in [5.41, 5.74) is 9.46. The Balaban J connectivity index is 2.07. The van der Waals surface area contributed by atoms with Gasteiger partial charge in [-0.25, -0.2) is 0 Å². The number of carbonyl (C=O) groups is 3. The second-order valence-electron chi connectivity index (χ2n) is 7.15. The molecule has 1 spiro atoms. The minimum absolute atomic E-state index is 0.168. The number of nitriles is 1. The topological polar surface area (TPSA) is 134 Å². The number of nitrogens with zero attached hydrogens (tertiary/aromatic N) is 3. The Bertz CT molecular complexity index is 805. The summed E-state index contributed by atoms with van der Waals surface area (Å²) in [6.07, 6.45) is 0.190. The summed E-state index contributed by atoms with van der Waals surface area (Å²) in [6, 6.07) is 10.9. The molecule has 2 aliphatic heterocycles. The molecular weight excluding hydrogens is 334 g/mol. The van der Waals surface area contributed by atoms with Gasteiger partial charge in [0.1, 0.15) is 5.54 Å². The van der Waals surface area contributed by atoms with Crippen molar-refractivity contribution in [1.82, 2.24) is 9.80 Å². The first-order valence-electron chi connectivity index (χ1n) is 8.35. The SMILES string of the molecule is CC1(C#N)CC2(CN(CC(N)=O)C2=O)N(C(=O)CN)C1c1ccccc1. The van der Waals surface area contributed by atoms with Crippen LogP contribution in [0.5, 0.6) is 0 Å². The molecule has 3 unspecified atom stereocenters. The highest BCUT2D eigenvalue weighted by atomic mass is 16.2. The van der Waals surface area contributed by atoms with Crippen molar-refractivity contribution in [3.63, 3.8) is 0 Å². The van der Waals surface area contributed by atoms with Gasteiger partial charge in [0.05, 0.1) is 37.2 Å². The van der Waals surface area contributed by atoms with Crippen LogP contribution in [-0.2, 0) is 14.4 Å². The lowest BCUT2D eigenvalue weighted by Crippen LogP contribution is -2.74. The van der Waals surface area contributed by atoms with Crippen LogP contribution in [0.3, 0.4) is 0 Å². The van der Waals surface area contributed by atoms with Gasteiger partial charge in [-0.15, -0.1) is 0 Å². The molecule has 136 valence electrons. The minimum Gasteiger partial charge on any atom is -0.368 e. The van der Waals surface area contributed by atoms with E-state index in [0.717, 1.165) is 5.56 Å². The van der Waals surface area contributed by atoms with E-state index in [-0.39, 0.29) is 32.0 Å². The Labute approximate surface area is 151 Å². The average Bonchev–Trinajstić information content (AvgIpc) is 2.92. The number of nitrogens with two attached hydrogens (primary N) is 2. The van der Waals surface area contributed by atoms with Crippen molar-refractivity contribution in [1.29, 1.82) is 5.26 Å². The Morgan fingerprint density at radius 1 is 1.35 bits per heavy atom. The van der Waals surface area contributed by atoms with E-state index in [1.165, 1.54) is 9.80 Å². The summed E-state index contributed by atoms with van der Waals surface area (Å²) in [4.78, 5) is 39.6. The molecule has 0 saturated carbocycles. The highest BCUT2D eigenvalue weighted by Gasteiger charge is 2.69. The van der Waals surface area contributed by atoms with Gasteiger partial charge in [0.25, 0.3) is 5.91 Å². The van der Waals surface area contributed by atoms with E-state index < -0.39 is 28.8 Å². The zero-order valence-electron chi connectivity index (χ0n) is 14.5. The van der Waals surface area contributed by atoms with Crippen LogP contribution in [0.15, 0.2) is 30.3 Å². The van der Waals surface area contributed by atoms with Crippen LogP contribution in [-0.4, -0.2) is 52.7 Å². The van der Waals surface area contributed by atoms with Gasteiger partial charge < -0.3 is 21.3 Å². The van der Waals surface area contributed by atoms with Crippen LogP contribution >= 0.6 is 0 Å². The van der Waals surface area contributed by atoms with Crippen LogP contribution in [0.4, 0.5) is 0 Å². The molecule has 2 heterocycles. The van der Waals surface area contributed by atoms with E-state index in [4.69, 9.17) is 11.5 Å². The number of carbonyl (C=O) groups excluding carboxylic acids is 3. The molecule has 0 aliphatic carbocycles. The molecule has 0 bridgehead atoms. The Kier molecular flexibility index (Phi) is 4.20. The van der Waals surface area contributed by atoms with Crippen LogP contribution in [0.2, 0.25) is 0 Å². The highest BCUT2D eigenvalue weighted by Crippen LogP contribution is 2.57. The van der Waals surface area contributed by atoms with Crippen LogP contribution in [0, 0.1) is 16.7 Å². The molecule has 3 rings (SSSR count). The second-order valence-corrected chi connectivity index (χ2v) is 7.15. The molecule has 3 amide bonds. The molecule has 1 aromatic carbocycles. The van der Waals surface area contributed by atoms with Gasteiger partial charge in [-0.05, 0) is 12.5 Å². The zero-order valence-corrected chi connectivity index (χ0v) is 14.5. The third-order valence-electron chi connectivity index (χ3n) is 5.28. The molecule has 2 saturated heterocycles. The first-order valence-corrected chi connectivity index (χ1v) is 8.35. The largest absolute Gasteiger partial charge is 0.368 e. The molecule has 0 radical (unpaired) electrons. The highest BCUT2D eigenvalue weighted by molar-refractivity contribution is 6.00. The Morgan fingerprint density at radius 3 is 2.50 bits per heavy atom. The van der Waals surface area contributed by atoms with Crippen molar-refractivity contribution < 1.29 is 14.4 Å². The quantitative estimate of drug-likeness (QED) is 0.703. The molecular formula is C18H21N5O3. The predicted molar refractivity (Wildman–Crippen MR) is 91.9 cm³/mol. The maximum absolute atomic E-state index is 12.9. The number of hydrogen-bond acceptors (Lipinski definition) is 5. The normalized spacial score (nSPS) is 30.2. The Morgan fingerprint density at radius 2 is 2.00 bits per heavy atom. The number of hydrogen-bond donors (Lipinski definition) is 2. The van der Waals surface area contributed by atoms with E-state index in [1.54, 1.807) is 6.92 Å². The molecule has 2 fully saturated rings. The van der Waals surface area contributed by atoms with Crippen LogP contribution in [0.1, 0.15) is 24.9 Å². The first-order chi connectivity index (χ1) is 12.3. The molecule has 3 atom stereocenters. The number of rotatable bonds is 4. The third-order valence-corrected chi connectivity index (χ3v) is 5.28. The smallest absolute Gasteiger partial charge is 0.251 e. The molecule has 26 heavy (non-hydrogen) atoms. The summed E-state index contributed by atoms with van der Waals surface area (Å²) in [5, 5.41) is 9.86. The average molecular weight is 355 g/mol. The summed E-state index contributed by atoms with van der Waals surface area (Å²) in [5.74, 6) is -1.38. The minimum atomic E-state index is -1.16. The van der Waals surface area contributed by atoms with E-state index >= 15 is 0 Å². The maximum Gasteiger partial charge on any atom is 0.251 e. The molecule has 0 aromatic heterocycles. The lowest BCUT2D eigenvalue weighted by molar-refractivity contribution is -0.170. The van der Waals surface area contributed by atoms with Gasteiger partial charge in [-0.2, -0.15) is 5.26 Å². The van der Waals surface area contributed by atoms with Crippen LogP contribution < -0.4 is 11.5 Å². The molecule has 8 nitrogen and oxygen atoms in total. The third kappa shape index (κ3) is 2.44. The lowest BCUT2D eigenvalue weighted by atomic mass is 9.75. The van der Waals surface area contributed by atoms with Crippen molar-refractivity contribution in [3.05, 3.63) is 35.9 Å². The zero-order chi connectivity index (χ0) is 19.1. The summed E-state index contributed by atoms with van der Waals surface area (Å²) < 4.78 is 0. The molecule has 2 aliphatic rings. The fourth-order valence-electron chi connectivity index (χ4n) is 4.34. The van der Waals surface area contributed by atoms with Gasteiger partial charge in [0.2, 0.25) is 11.8 Å². The fourth-order valence-corrected chi connectivity index (χ4v) is 4.34. The molecule has 4 N–H and O–H groups in total. The van der Waals surface area contributed by atoms with Gasteiger partial charge in [0.15, 0.2) is 0 Å². The summed E-state index contributed by atoms with van der Waals surface area (Å²) in [6.45, 7) is 1.45. The number of primary amides is 1. The molecule has 8 heteroatoms. The Hall–Kier alpha value is -2.92. The van der Waals surface area contributed by atoms with Crippen molar-refractivity contribution in [3.8, 4) is 6.07 Å². The van der Waals surface area contributed by atoms with Crippen LogP contribution in [0.25, 0.3) is 0 Å². The fraction of sp³-hybridized carbons (Fsp3) is 0.444. The van der Waals surface area contributed by atoms with Gasteiger partial charge in [-0.3, -0.25) is 14.4 Å². The first kappa shape index (κ1) is 17.9. The van der Waals surface area contributed by atoms with E-state index in [1.807, 2.05) is 30.3 Å². The lowest BCUT2D eigenvalue weighted by Gasteiger charge is -2.51. The summed E-state index contributed by atoms with van der Waals surface area (Å²) in [7, 11) is 0. The molecule has 1 aromatic rings. The standard InChI is InChI=1S/C18H21N5O3/c1-17(10-20)9-18(11-22(16(18)26)8-13(21)24)23(14(25)7-19)15(17)12-5-3-2-4-6-12/h2-6,15H,7-9,11,19H2,1H3,(H2,21,24). The van der Waals surface area contributed by atoms with Crippen molar-refractivity contribution in [2.24, 2.45) is 16.9 Å². The number of amides is 3. The number of benzene rings is 1. The summed E-state index contributed by atoms with van der Waals surface area (Å²) >= 11 is 0. The van der Waals surface area contributed by atoms with E-state index in [2.05, 4.69) is 6.07 Å². The predicted octanol–water partition coefficient (Wildman–Crippen LogP) is -0.485.